The maximum atomic E-state index is 13.9. The van der Waals surface area contributed by atoms with Crippen LogP contribution in [-0.4, -0.2) is 49.2 Å². The molecule has 0 unspecified atom stereocenters. The molecule has 0 saturated carbocycles. The molecule has 2 aromatic rings. The lowest BCUT2D eigenvalue weighted by Crippen LogP contribution is -2.47. The van der Waals surface area contributed by atoms with Crippen LogP contribution in [-0.2, 0) is 4.74 Å². The topological polar surface area (TPSA) is 84.6 Å². The molecule has 0 radical (unpaired) electrons. The van der Waals surface area contributed by atoms with Crippen LogP contribution in [0, 0.1) is 5.82 Å². The quantitative estimate of drug-likeness (QED) is 0.849. The van der Waals surface area contributed by atoms with E-state index in [0.717, 1.165) is 0 Å². The Balaban J connectivity index is 1.74. The highest BCUT2D eigenvalue weighted by atomic mass is 19.1. The average molecular weight is 331 g/mol. The summed E-state index contributed by atoms with van der Waals surface area (Å²) in [6.45, 7) is 2.43. The molecule has 3 rings (SSSR count). The normalized spacial score (nSPS) is 14.6. The molecular weight excluding hydrogens is 313 g/mol. The zero-order valence-electron chi connectivity index (χ0n) is 13.3. The number of ether oxygens (including phenoxy) is 1. The van der Waals surface area contributed by atoms with Gasteiger partial charge in [-0.2, -0.15) is 4.98 Å². The molecule has 1 saturated heterocycles. The van der Waals surface area contributed by atoms with E-state index in [1.54, 1.807) is 12.1 Å². The van der Waals surface area contributed by atoms with Gasteiger partial charge < -0.3 is 20.3 Å². The first-order valence-electron chi connectivity index (χ1n) is 7.56. The number of piperazine rings is 1. The first kappa shape index (κ1) is 16.0. The van der Waals surface area contributed by atoms with Gasteiger partial charge in [0.15, 0.2) is 5.69 Å². The largest absolute Gasteiger partial charge is 0.464 e. The van der Waals surface area contributed by atoms with E-state index in [0.29, 0.717) is 37.8 Å². The standard InChI is InChI=1S/C16H18FN5O2/c1-24-15(23)12-10-14(18)20-16(19-12)22-8-6-21(7-9-22)13-5-3-2-4-11(13)17/h2-5,10H,6-9H2,1H3,(H2,18,19,20). The van der Waals surface area contributed by atoms with Crippen molar-refractivity contribution in [2.75, 3.05) is 48.8 Å². The summed E-state index contributed by atoms with van der Waals surface area (Å²) in [6, 6.07) is 8.08. The van der Waals surface area contributed by atoms with Crippen molar-refractivity contribution in [3.05, 3.63) is 41.8 Å². The summed E-state index contributed by atoms with van der Waals surface area (Å²) in [5.41, 5.74) is 6.46. The summed E-state index contributed by atoms with van der Waals surface area (Å²) < 4.78 is 18.5. The molecule has 1 aromatic carbocycles. The van der Waals surface area contributed by atoms with Gasteiger partial charge in [0.05, 0.1) is 12.8 Å². The van der Waals surface area contributed by atoms with Crippen molar-refractivity contribution >= 4 is 23.4 Å². The molecule has 0 aliphatic carbocycles. The number of hydrogen-bond donors (Lipinski definition) is 1. The summed E-state index contributed by atoms with van der Waals surface area (Å²) in [6.07, 6.45) is 0. The van der Waals surface area contributed by atoms with Crippen molar-refractivity contribution in [2.45, 2.75) is 0 Å². The molecule has 126 valence electrons. The van der Waals surface area contributed by atoms with Gasteiger partial charge in [0, 0.05) is 32.2 Å². The fourth-order valence-corrected chi connectivity index (χ4v) is 2.66. The number of esters is 1. The number of para-hydroxylation sites is 1. The van der Waals surface area contributed by atoms with Crippen LogP contribution in [0.3, 0.4) is 0 Å². The molecule has 24 heavy (non-hydrogen) atoms. The fourth-order valence-electron chi connectivity index (χ4n) is 2.66. The summed E-state index contributed by atoms with van der Waals surface area (Å²) in [5, 5.41) is 0. The number of methoxy groups -OCH3 is 1. The van der Waals surface area contributed by atoms with E-state index < -0.39 is 5.97 Å². The summed E-state index contributed by atoms with van der Waals surface area (Å²) in [7, 11) is 1.29. The summed E-state index contributed by atoms with van der Waals surface area (Å²) >= 11 is 0. The molecule has 2 N–H and O–H groups in total. The second-order valence-corrected chi connectivity index (χ2v) is 5.40. The van der Waals surface area contributed by atoms with Crippen molar-refractivity contribution in [1.29, 1.82) is 0 Å². The van der Waals surface area contributed by atoms with Crippen molar-refractivity contribution in [3.8, 4) is 0 Å². The summed E-state index contributed by atoms with van der Waals surface area (Å²) in [5.74, 6) is -0.213. The summed E-state index contributed by atoms with van der Waals surface area (Å²) in [4.78, 5) is 23.9. The number of nitrogens with zero attached hydrogens (tertiary/aromatic N) is 4. The van der Waals surface area contributed by atoms with Gasteiger partial charge in [0.1, 0.15) is 11.6 Å². The van der Waals surface area contributed by atoms with Gasteiger partial charge in [-0.15, -0.1) is 0 Å². The predicted molar refractivity (Wildman–Crippen MR) is 88.6 cm³/mol. The minimum absolute atomic E-state index is 0.122. The number of benzene rings is 1. The van der Waals surface area contributed by atoms with E-state index in [-0.39, 0.29) is 17.3 Å². The van der Waals surface area contributed by atoms with Crippen LogP contribution in [0.25, 0.3) is 0 Å². The lowest BCUT2D eigenvalue weighted by molar-refractivity contribution is 0.0594. The predicted octanol–water partition coefficient (Wildman–Crippen LogP) is 1.31. The van der Waals surface area contributed by atoms with Crippen LogP contribution in [0.15, 0.2) is 30.3 Å². The highest BCUT2D eigenvalue weighted by Crippen LogP contribution is 2.22. The Labute approximate surface area is 138 Å². The third-order valence-electron chi connectivity index (χ3n) is 3.88. The average Bonchev–Trinajstić information content (AvgIpc) is 2.61. The van der Waals surface area contributed by atoms with Crippen molar-refractivity contribution in [1.82, 2.24) is 9.97 Å². The number of rotatable bonds is 3. The van der Waals surface area contributed by atoms with Gasteiger partial charge in [0.2, 0.25) is 5.95 Å². The molecule has 8 heteroatoms. The van der Waals surface area contributed by atoms with Gasteiger partial charge in [0.25, 0.3) is 0 Å². The zero-order valence-corrected chi connectivity index (χ0v) is 13.3. The maximum absolute atomic E-state index is 13.9. The number of nitrogen functional groups attached to an aromatic ring is 1. The van der Waals surface area contributed by atoms with E-state index in [1.165, 1.54) is 19.2 Å². The van der Waals surface area contributed by atoms with Gasteiger partial charge in [-0.1, -0.05) is 12.1 Å². The van der Waals surface area contributed by atoms with Gasteiger partial charge in [-0.05, 0) is 12.1 Å². The van der Waals surface area contributed by atoms with Crippen molar-refractivity contribution in [2.24, 2.45) is 0 Å². The Morgan fingerprint density at radius 2 is 1.83 bits per heavy atom. The van der Waals surface area contributed by atoms with Gasteiger partial charge in [-0.25, -0.2) is 14.2 Å². The van der Waals surface area contributed by atoms with Crippen molar-refractivity contribution < 1.29 is 13.9 Å². The van der Waals surface area contributed by atoms with E-state index >= 15 is 0 Å². The lowest BCUT2D eigenvalue weighted by Gasteiger charge is -2.36. The third-order valence-corrected chi connectivity index (χ3v) is 3.88. The monoisotopic (exact) mass is 331 g/mol. The Morgan fingerprint density at radius 3 is 2.50 bits per heavy atom. The Bertz CT molecular complexity index is 747. The highest BCUT2D eigenvalue weighted by molar-refractivity contribution is 5.88. The number of halogens is 1. The Hall–Kier alpha value is -2.90. The molecular formula is C16H18FN5O2. The molecule has 0 bridgehead atoms. The van der Waals surface area contributed by atoms with E-state index in [4.69, 9.17) is 5.73 Å². The smallest absolute Gasteiger partial charge is 0.356 e. The Kier molecular flexibility index (Phi) is 4.45. The van der Waals surface area contributed by atoms with E-state index in [1.807, 2.05) is 15.9 Å². The molecule has 1 aromatic heterocycles. The van der Waals surface area contributed by atoms with Gasteiger partial charge in [-0.3, -0.25) is 0 Å². The number of carbonyl (C=O) groups excluding carboxylic acids is 1. The van der Waals surface area contributed by atoms with Crippen LogP contribution in [0.1, 0.15) is 10.5 Å². The first-order chi connectivity index (χ1) is 11.6. The molecule has 1 aliphatic heterocycles. The number of aromatic nitrogens is 2. The Morgan fingerprint density at radius 1 is 1.17 bits per heavy atom. The van der Waals surface area contributed by atoms with Crippen LogP contribution in [0.5, 0.6) is 0 Å². The molecule has 0 amide bonds. The fraction of sp³-hybridized carbons (Fsp3) is 0.312. The first-order valence-corrected chi connectivity index (χ1v) is 7.56. The van der Waals surface area contributed by atoms with Crippen LogP contribution < -0.4 is 15.5 Å². The van der Waals surface area contributed by atoms with Crippen LogP contribution >= 0.6 is 0 Å². The molecule has 0 atom stereocenters. The lowest BCUT2D eigenvalue weighted by atomic mass is 10.2. The maximum Gasteiger partial charge on any atom is 0.356 e. The number of anilines is 3. The molecule has 1 fully saturated rings. The molecule has 0 spiro atoms. The molecule has 7 nitrogen and oxygen atoms in total. The minimum atomic E-state index is -0.560. The van der Waals surface area contributed by atoms with E-state index in [2.05, 4.69) is 14.7 Å². The number of nitrogens with two attached hydrogens (primary N) is 1. The molecule has 2 heterocycles. The molecule has 1 aliphatic rings. The zero-order chi connectivity index (χ0) is 17.1. The van der Waals surface area contributed by atoms with Crippen LogP contribution in [0.4, 0.5) is 21.8 Å². The highest BCUT2D eigenvalue weighted by Gasteiger charge is 2.22. The van der Waals surface area contributed by atoms with E-state index in [9.17, 15) is 9.18 Å². The minimum Gasteiger partial charge on any atom is -0.464 e. The van der Waals surface area contributed by atoms with Crippen molar-refractivity contribution in [3.63, 3.8) is 0 Å². The SMILES string of the molecule is COC(=O)c1cc(N)nc(N2CCN(c3ccccc3F)CC2)n1. The number of hydrogen-bond acceptors (Lipinski definition) is 7. The number of carbonyl (C=O) groups is 1. The second-order valence-electron chi connectivity index (χ2n) is 5.40. The van der Waals surface area contributed by atoms with Gasteiger partial charge >= 0.3 is 5.97 Å². The third kappa shape index (κ3) is 3.22. The second kappa shape index (κ2) is 6.69. The van der Waals surface area contributed by atoms with Crippen LogP contribution in [0.2, 0.25) is 0 Å².